The standard InChI is InChI=1S/C6H12F2O/c1-5(4-9)3-6(2,7)8/h5,9H,3-4H2,1-2H3/t5-/m1/s1. The predicted octanol–water partition coefficient (Wildman–Crippen LogP) is 1.66. The van der Waals surface area contributed by atoms with E-state index in [-0.39, 0.29) is 18.9 Å². The van der Waals surface area contributed by atoms with Crippen LogP contribution in [0.3, 0.4) is 0 Å². The molecule has 0 fully saturated rings. The van der Waals surface area contributed by atoms with Crippen LogP contribution in [0, 0.1) is 5.92 Å². The maximum Gasteiger partial charge on any atom is 0.245 e. The molecule has 0 unspecified atom stereocenters. The maximum atomic E-state index is 12.0. The first-order valence-electron chi connectivity index (χ1n) is 2.94. The summed E-state index contributed by atoms with van der Waals surface area (Å²) in [6, 6.07) is 0. The van der Waals surface area contributed by atoms with Crippen molar-refractivity contribution in [2.75, 3.05) is 6.61 Å². The highest BCUT2D eigenvalue weighted by molar-refractivity contribution is 4.62. The Bertz CT molecular complexity index is 77.6. The second-order valence-electron chi connectivity index (χ2n) is 2.56. The molecule has 0 aliphatic heterocycles. The molecule has 0 aliphatic carbocycles. The van der Waals surface area contributed by atoms with E-state index < -0.39 is 5.92 Å². The number of aliphatic hydroxyl groups is 1. The highest BCUT2D eigenvalue weighted by atomic mass is 19.3. The van der Waals surface area contributed by atoms with Gasteiger partial charge < -0.3 is 5.11 Å². The fourth-order valence-electron chi connectivity index (χ4n) is 0.676. The SMILES string of the molecule is C[C@@H](CO)CC(C)(F)F. The molecule has 0 saturated carbocycles. The summed E-state index contributed by atoms with van der Waals surface area (Å²) in [5, 5.41) is 8.36. The first kappa shape index (κ1) is 8.82. The number of halogens is 2. The van der Waals surface area contributed by atoms with Gasteiger partial charge >= 0.3 is 0 Å². The summed E-state index contributed by atoms with van der Waals surface area (Å²) in [6.07, 6.45) is -0.233. The van der Waals surface area contributed by atoms with Crippen molar-refractivity contribution in [3.05, 3.63) is 0 Å². The highest BCUT2D eigenvalue weighted by Gasteiger charge is 2.23. The summed E-state index contributed by atoms with van der Waals surface area (Å²) >= 11 is 0. The van der Waals surface area contributed by atoms with Gasteiger partial charge in [-0.15, -0.1) is 0 Å². The number of rotatable bonds is 3. The van der Waals surface area contributed by atoms with E-state index in [1.165, 1.54) is 0 Å². The molecule has 0 spiro atoms. The van der Waals surface area contributed by atoms with Gasteiger partial charge in [-0.1, -0.05) is 6.92 Å². The summed E-state index contributed by atoms with van der Waals surface area (Å²) in [5.41, 5.74) is 0. The van der Waals surface area contributed by atoms with E-state index in [1.807, 2.05) is 0 Å². The van der Waals surface area contributed by atoms with Crippen molar-refractivity contribution in [1.29, 1.82) is 0 Å². The predicted molar refractivity (Wildman–Crippen MR) is 31.5 cm³/mol. The molecule has 0 amide bonds. The molecule has 0 rings (SSSR count). The lowest BCUT2D eigenvalue weighted by atomic mass is 10.1. The molecule has 0 radical (unpaired) electrons. The van der Waals surface area contributed by atoms with Gasteiger partial charge in [0, 0.05) is 13.0 Å². The molecule has 0 bridgehead atoms. The molecule has 0 aliphatic rings. The lowest BCUT2D eigenvalue weighted by Crippen LogP contribution is -2.16. The van der Waals surface area contributed by atoms with Crippen LogP contribution in [0.15, 0.2) is 0 Å². The molecule has 0 saturated heterocycles. The molecule has 1 N–H and O–H groups in total. The van der Waals surface area contributed by atoms with Gasteiger partial charge in [0.15, 0.2) is 0 Å². The van der Waals surface area contributed by atoms with Crippen molar-refractivity contribution < 1.29 is 13.9 Å². The molecule has 1 atom stereocenters. The first-order valence-corrected chi connectivity index (χ1v) is 2.94. The van der Waals surface area contributed by atoms with Crippen LogP contribution in [0.25, 0.3) is 0 Å². The first-order chi connectivity index (χ1) is 3.95. The Morgan fingerprint density at radius 1 is 1.56 bits per heavy atom. The van der Waals surface area contributed by atoms with Crippen LogP contribution in [0.4, 0.5) is 8.78 Å². The summed E-state index contributed by atoms with van der Waals surface area (Å²) in [4.78, 5) is 0. The van der Waals surface area contributed by atoms with Gasteiger partial charge in [-0.25, -0.2) is 8.78 Å². The largest absolute Gasteiger partial charge is 0.396 e. The van der Waals surface area contributed by atoms with Gasteiger partial charge in [0.05, 0.1) is 0 Å². The molecule has 0 aromatic heterocycles. The minimum absolute atomic E-state index is 0.163. The Morgan fingerprint density at radius 2 is 2.00 bits per heavy atom. The minimum Gasteiger partial charge on any atom is -0.396 e. The third-order valence-electron chi connectivity index (χ3n) is 1.02. The van der Waals surface area contributed by atoms with E-state index in [4.69, 9.17) is 5.11 Å². The molecule has 3 heteroatoms. The molecule has 0 aromatic rings. The van der Waals surface area contributed by atoms with Crippen LogP contribution >= 0.6 is 0 Å². The Morgan fingerprint density at radius 3 is 2.11 bits per heavy atom. The Kier molecular flexibility index (Phi) is 3.04. The van der Waals surface area contributed by atoms with E-state index in [9.17, 15) is 8.78 Å². The zero-order valence-electron chi connectivity index (χ0n) is 5.69. The topological polar surface area (TPSA) is 20.2 Å². The van der Waals surface area contributed by atoms with Crippen molar-refractivity contribution in [2.24, 2.45) is 5.92 Å². The number of aliphatic hydroxyl groups excluding tert-OH is 1. The van der Waals surface area contributed by atoms with Crippen LogP contribution in [-0.2, 0) is 0 Å². The highest BCUT2D eigenvalue weighted by Crippen LogP contribution is 2.21. The minimum atomic E-state index is -2.64. The van der Waals surface area contributed by atoms with Gasteiger partial charge in [0.1, 0.15) is 0 Å². The molecular formula is C6H12F2O. The summed E-state index contributed by atoms with van der Waals surface area (Å²) in [7, 11) is 0. The van der Waals surface area contributed by atoms with Crippen molar-refractivity contribution >= 4 is 0 Å². The fraction of sp³-hybridized carbons (Fsp3) is 1.00. The van der Waals surface area contributed by atoms with Gasteiger partial charge in [0.25, 0.3) is 0 Å². The summed E-state index contributed by atoms with van der Waals surface area (Å²) in [6.45, 7) is 2.29. The Hall–Kier alpha value is -0.180. The zero-order chi connectivity index (χ0) is 7.49. The third-order valence-corrected chi connectivity index (χ3v) is 1.02. The Labute approximate surface area is 53.7 Å². The van der Waals surface area contributed by atoms with Crippen LogP contribution < -0.4 is 0 Å². The zero-order valence-corrected chi connectivity index (χ0v) is 5.69. The Balaban J connectivity index is 3.47. The summed E-state index contributed by atoms with van der Waals surface area (Å²) in [5.74, 6) is -2.94. The van der Waals surface area contributed by atoms with Crippen molar-refractivity contribution in [3.8, 4) is 0 Å². The molecule has 1 nitrogen and oxygen atoms in total. The van der Waals surface area contributed by atoms with Gasteiger partial charge in [-0.05, 0) is 12.8 Å². The molecule has 56 valence electrons. The lowest BCUT2D eigenvalue weighted by Gasteiger charge is -2.13. The van der Waals surface area contributed by atoms with E-state index in [1.54, 1.807) is 6.92 Å². The van der Waals surface area contributed by atoms with Gasteiger partial charge in [-0.2, -0.15) is 0 Å². The van der Waals surface area contributed by atoms with Crippen LogP contribution in [0.2, 0.25) is 0 Å². The van der Waals surface area contributed by atoms with Crippen molar-refractivity contribution in [1.82, 2.24) is 0 Å². The third kappa shape index (κ3) is 5.69. The van der Waals surface area contributed by atoms with Crippen LogP contribution in [-0.4, -0.2) is 17.6 Å². The second-order valence-corrected chi connectivity index (χ2v) is 2.56. The number of hydrogen-bond donors (Lipinski definition) is 1. The number of alkyl halides is 2. The van der Waals surface area contributed by atoms with Crippen LogP contribution in [0.1, 0.15) is 20.3 Å². The summed E-state index contributed by atoms with van der Waals surface area (Å²) < 4.78 is 24.1. The van der Waals surface area contributed by atoms with Crippen LogP contribution in [0.5, 0.6) is 0 Å². The molecule has 0 heterocycles. The average molecular weight is 138 g/mol. The molecule has 9 heavy (non-hydrogen) atoms. The van der Waals surface area contributed by atoms with E-state index in [0.29, 0.717) is 0 Å². The molecule has 0 aromatic carbocycles. The van der Waals surface area contributed by atoms with Gasteiger partial charge in [0.2, 0.25) is 5.92 Å². The molecular weight excluding hydrogens is 126 g/mol. The van der Waals surface area contributed by atoms with E-state index in [2.05, 4.69) is 0 Å². The van der Waals surface area contributed by atoms with E-state index in [0.717, 1.165) is 6.92 Å². The fourth-order valence-corrected chi connectivity index (χ4v) is 0.676. The van der Waals surface area contributed by atoms with E-state index >= 15 is 0 Å². The maximum absolute atomic E-state index is 12.0. The van der Waals surface area contributed by atoms with Crippen molar-refractivity contribution in [3.63, 3.8) is 0 Å². The smallest absolute Gasteiger partial charge is 0.245 e. The van der Waals surface area contributed by atoms with Crippen molar-refractivity contribution in [2.45, 2.75) is 26.2 Å². The van der Waals surface area contributed by atoms with Gasteiger partial charge in [-0.3, -0.25) is 0 Å². The quantitative estimate of drug-likeness (QED) is 0.628. The number of hydrogen-bond acceptors (Lipinski definition) is 1. The normalized spacial score (nSPS) is 15.7. The average Bonchev–Trinajstić information content (AvgIpc) is 1.62. The monoisotopic (exact) mass is 138 g/mol. The lowest BCUT2D eigenvalue weighted by molar-refractivity contribution is -0.00877. The second kappa shape index (κ2) is 3.11.